The van der Waals surface area contributed by atoms with Gasteiger partial charge in [-0.2, -0.15) is 23.7 Å². The SMILES string of the molecule is COc1ccccc1NC(=O)Nc1cccc(C#N)c1O.N#Cc1cccc(NC(=O)Nc2cccc(C(F)(F)F)c2)c1O.[N-]=[N+]=Nc1ccc(NC(=O)Nc2ccccc2I)c(O)c1.[N-]=[N+]=Nc1cccc(NC(=O)Nc2ccccc2Br)c1O. The molecule has 0 spiro atoms. The molecule has 8 aromatic rings. The Morgan fingerprint density at radius 3 is 1.52 bits per heavy atom. The number of azide groups is 2. The van der Waals surface area contributed by atoms with Crippen molar-refractivity contribution in [3.8, 4) is 40.9 Å². The Kier molecular flexibility index (Phi) is 24.4. The molecule has 8 amide bonds. The molecule has 86 heavy (non-hydrogen) atoms. The first-order valence-corrected chi connectivity index (χ1v) is 25.9. The second-order valence-electron chi connectivity index (χ2n) is 16.4. The van der Waals surface area contributed by atoms with Crippen molar-refractivity contribution in [2.45, 2.75) is 6.18 Å². The zero-order chi connectivity index (χ0) is 62.8. The fraction of sp³-hybridized carbons (Fsp3) is 0.0357. The second-order valence-corrected chi connectivity index (χ2v) is 18.5. The number of phenols is 4. The van der Waals surface area contributed by atoms with Crippen LogP contribution in [0.25, 0.3) is 20.9 Å². The Morgan fingerprint density at radius 2 is 0.988 bits per heavy atom. The largest absolute Gasteiger partial charge is 0.506 e. The molecule has 0 aliphatic carbocycles. The molecule has 25 nitrogen and oxygen atoms in total. The summed E-state index contributed by atoms with van der Waals surface area (Å²) < 4.78 is 44.5. The summed E-state index contributed by atoms with van der Waals surface area (Å²) in [7, 11) is 1.50. The number of phenolic OH excluding ortho intramolecular Hbond substituents is 4. The van der Waals surface area contributed by atoms with E-state index in [1.54, 1.807) is 66.7 Å². The van der Waals surface area contributed by atoms with Crippen molar-refractivity contribution in [2.75, 3.05) is 49.6 Å². The number of nitrogens with one attached hydrogen (secondary N) is 8. The standard InChI is InChI=1S/C15H10F3N3O2.C15H13N3O3.C13H10BrN5O2.C13H10IN5O2/c16-15(17,18)10-4-2-5-11(7-10)20-14(23)21-12-6-1-3-9(8-19)13(12)22;1-21-13-8-3-2-6-11(13)17-15(20)18-12-7-4-5-10(9-16)14(12)19;14-8-4-1-2-5-9(8)16-13(21)17-10-6-3-7-11(12(10)20)18-19-15;14-9-3-1-2-4-10(9)16-13(21)17-11-6-5-8(18-19-15)7-12(11)20/h1-7,22H,(H2,20,21,23);2-8,19H,1H3,(H2,17,18,20);2*1-7,20H,(H2,16,17,21). The van der Waals surface area contributed by atoms with Gasteiger partial charge in [-0.15, -0.1) is 0 Å². The average molecular weight is 1350 g/mol. The Hall–Kier alpha value is -11.6. The Bertz CT molecular complexity index is 3970. The Morgan fingerprint density at radius 1 is 0.535 bits per heavy atom. The number of hydrogen-bond acceptors (Lipinski definition) is 13. The van der Waals surface area contributed by atoms with Crippen LogP contribution in [-0.2, 0) is 6.18 Å². The van der Waals surface area contributed by atoms with Crippen LogP contribution in [0.15, 0.2) is 185 Å². The number of carbonyl (C=O) groups is 4. The quantitative estimate of drug-likeness (QED) is 0.0190. The molecule has 0 atom stereocenters. The van der Waals surface area contributed by atoms with Gasteiger partial charge in [0.05, 0.1) is 69.3 Å². The monoisotopic (exact) mass is 1350 g/mol. The van der Waals surface area contributed by atoms with Crippen LogP contribution in [0, 0.1) is 26.2 Å². The van der Waals surface area contributed by atoms with Gasteiger partial charge >= 0.3 is 30.3 Å². The lowest BCUT2D eigenvalue weighted by molar-refractivity contribution is -0.137. The number of ether oxygens (including phenoxy) is 1. The zero-order valence-corrected chi connectivity index (χ0v) is 47.7. The van der Waals surface area contributed by atoms with Gasteiger partial charge in [0.2, 0.25) is 0 Å². The maximum atomic E-state index is 12.6. The smallest absolute Gasteiger partial charge is 0.416 e. The van der Waals surface area contributed by atoms with Gasteiger partial charge in [0.25, 0.3) is 0 Å². The molecule has 0 saturated carbocycles. The van der Waals surface area contributed by atoms with E-state index in [0.29, 0.717) is 22.8 Å². The molecule has 436 valence electrons. The minimum absolute atomic E-state index is 0.0338. The number of aromatic hydroxyl groups is 4. The number of urea groups is 4. The van der Waals surface area contributed by atoms with Crippen molar-refractivity contribution in [2.24, 2.45) is 10.2 Å². The highest BCUT2D eigenvalue weighted by Gasteiger charge is 2.30. The molecule has 30 heteroatoms. The lowest BCUT2D eigenvalue weighted by Crippen LogP contribution is -2.20. The van der Waals surface area contributed by atoms with E-state index in [4.69, 9.17) is 26.3 Å². The van der Waals surface area contributed by atoms with Crippen LogP contribution in [-0.4, -0.2) is 51.7 Å². The van der Waals surface area contributed by atoms with Gasteiger partial charge < -0.3 is 67.7 Å². The van der Waals surface area contributed by atoms with Gasteiger partial charge in [0.15, 0.2) is 11.5 Å². The molecule has 0 radical (unpaired) electrons. The maximum Gasteiger partial charge on any atom is 0.416 e. The fourth-order valence-electron chi connectivity index (χ4n) is 6.73. The van der Waals surface area contributed by atoms with Gasteiger partial charge in [0.1, 0.15) is 29.4 Å². The number of anilines is 8. The number of para-hydroxylation sites is 7. The summed E-state index contributed by atoms with van der Waals surface area (Å²) in [5.74, 6) is -0.651. The van der Waals surface area contributed by atoms with Crippen LogP contribution in [0.2, 0.25) is 0 Å². The average Bonchev–Trinajstić information content (AvgIpc) is 3.65. The first-order chi connectivity index (χ1) is 41.2. The van der Waals surface area contributed by atoms with Gasteiger partial charge in [0, 0.05) is 29.2 Å². The molecule has 0 bridgehead atoms. The number of amides is 8. The van der Waals surface area contributed by atoms with Crippen molar-refractivity contribution in [1.82, 2.24) is 0 Å². The summed E-state index contributed by atoms with van der Waals surface area (Å²) in [5, 5.41) is 83.3. The molecule has 0 aliphatic heterocycles. The number of hydrogen-bond donors (Lipinski definition) is 12. The molecule has 0 aromatic heterocycles. The molecular weight excluding hydrogens is 1300 g/mol. The van der Waals surface area contributed by atoms with E-state index < -0.39 is 41.6 Å². The van der Waals surface area contributed by atoms with Gasteiger partial charge in [-0.1, -0.05) is 77.0 Å². The summed E-state index contributed by atoms with van der Waals surface area (Å²) in [6, 6.07) is 44.0. The number of carbonyl (C=O) groups excluding carboxylic acids is 4. The second kappa shape index (κ2) is 32.2. The third-order valence-corrected chi connectivity index (χ3v) is 12.3. The topological polar surface area (TPSA) is 400 Å². The summed E-state index contributed by atoms with van der Waals surface area (Å²) in [5.41, 5.74) is 18.3. The van der Waals surface area contributed by atoms with Crippen molar-refractivity contribution in [3.63, 3.8) is 0 Å². The summed E-state index contributed by atoms with van der Waals surface area (Å²) in [4.78, 5) is 52.7. The van der Waals surface area contributed by atoms with E-state index in [2.05, 4.69) is 101 Å². The lowest BCUT2D eigenvalue weighted by atomic mass is 10.2. The van der Waals surface area contributed by atoms with Gasteiger partial charge in [-0.25, -0.2) is 19.2 Å². The van der Waals surface area contributed by atoms with Crippen LogP contribution in [0.5, 0.6) is 28.7 Å². The molecule has 0 heterocycles. The molecule has 0 saturated heterocycles. The molecule has 0 fully saturated rings. The third kappa shape index (κ3) is 19.9. The molecule has 8 rings (SSSR count). The lowest BCUT2D eigenvalue weighted by Gasteiger charge is -2.12. The number of benzene rings is 8. The molecular formula is C56H43BrF3IN16O9. The van der Waals surface area contributed by atoms with E-state index in [1.165, 1.54) is 73.8 Å². The fourth-order valence-corrected chi connectivity index (χ4v) is 7.63. The predicted molar refractivity (Wildman–Crippen MR) is 328 cm³/mol. The van der Waals surface area contributed by atoms with Crippen molar-refractivity contribution >= 4 is 120 Å². The van der Waals surface area contributed by atoms with Crippen LogP contribution < -0.4 is 47.3 Å². The number of halogens is 5. The number of nitrogens with zero attached hydrogens (tertiary/aromatic N) is 8. The van der Waals surface area contributed by atoms with E-state index in [0.717, 1.165) is 26.2 Å². The van der Waals surface area contributed by atoms with Crippen molar-refractivity contribution < 1.29 is 57.5 Å². The maximum absolute atomic E-state index is 12.6. The van der Waals surface area contributed by atoms with Crippen LogP contribution in [0.4, 0.5) is 89.2 Å². The van der Waals surface area contributed by atoms with Crippen LogP contribution in [0.3, 0.4) is 0 Å². The number of methoxy groups -OCH3 is 1. The van der Waals surface area contributed by atoms with Crippen molar-refractivity contribution in [3.05, 3.63) is 215 Å². The molecule has 8 aromatic carbocycles. The van der Waals surface area contributed by atoms with E-state index in [-0.39, 0.29) is 68.2 Å². The highest BCUT2D eigenvalue weighted by atomic mass is 127. The molecule has 12 N–H and O–H groups in total. The van der Waals surface area contributed by atoms with Gasteiger partial charge in [-0.05, 0) is 153 Å². The molecule has 0 aliphatic rings. The van der Waals surface area contributed by atoms with E-state index in [9.17, 15) is 52.8 Å². The number of rotatable bonds is 11. The van der Waals surface area contributed by atoms with Crippen LogP contribution >= 0.6 is 38.5 Å². The molecule has 0 unspecified atom stereocenters. The van der Waals surface area contributed by atoms with E-state index in [1.807, 2.05) is 30.3 Å². The van der Waals surface area contributed by atoms with E-state index >= 15 is 0 Å². The minimum Gasteiger partial charge on any atom is -0.506 e. The third-order valence-electron chi connectivity index (χ3n) is 10.7. The first kappa shape index (κ1) is 65.3. The highest BCUT2D eigenvalue weighted by molar-refractivity contribution is 14.1. The first-order valence-electron chi connectivity index (χ1n) is 24.0. The zero-order valence-electron chi connectivity index (χ0n) is 44.0. The Balaban J connectivity index is 0.000000209. The summed E-state index contributed by atoms with van der Waals surface area (Å²) >= 11 is 5.42. The van der Waals surface area contributed by atoms with Gasteiger partial charge in [-0.3, -0.25) is 0 Å². The van der Waals surface area contributed by atoms with Crippen molar-refractivity contribution in [1.29, 1.82) is 10.5 Å². The number of nitriles is 2. The highest BCUT2D eigenvalue weighted by Crippen LogP contribution is 2.36. The minimum atomic E-state index is -4.52. The summed E-state index contributed by atoms with van der Waals surface area (Å²) in [6.45, 7) is 0. The normalized spacial score (nSPS) is 9.86. The number of alkyl halides is 3. The van der Waals surface area contributed by atoms with Crippen LogP contribution in [0.1, 0.15) is 16.7 Å². The summed E-state index contributed by atoms with van der Waals surface area (Å²) in [6.07, 6.45) is -4.52. The Labute approximate surface area is 507 Å². The predicted octanol–water partition coefficient (Wildman–Crippen LogP) is 16.2.